The first-order valence-corrected chi connectivity index (χ1v) is 10.2. The molecule has 0 aromatic heterocycles. The van der Waals surface area contributed by atoms with Gasteiger partial charge in [0.2, 0.25) is 11.8 Å². The highest BCUT2D eigenvalue weighted by atomic mass is 35.5. The molecule has 2 aliphatic heterocycles. The summed E-state index contributed by atoms with van der Waals surface area (Å²) in [6.45, 7) is 5.62. The van der Waals surface area contributed by atoms with Crippen LogP contribution in [0.15, 0.2) is 24.3 Å². The van der Waals surface area contributed by atoms with Crippen molar-refractivity contribution in [2.24, 2.45) is 0 Å². The summed E-state index contributed by atoms with van der Waals surface area (Å²) in [4.78, 5) is 28.7. The normalized spacial score (nSPS) is 20.4. The quantitative estimate of drug-likeness (QED) is 0.840. The van der Waals surface area contributed by atoms with E-state index in [1.54, 1.807) is 0 Å². The molecule has 1 aromatic carbocycles. The Morgan fingerprint density at radius 3 is 2.27 bits per heavy atom. The molecule has 0 aliphatic carbocycles. The van der Waals surface area contributed by atoms with Crippen LogP contribution >= 0.6 is 24.2 Å². The lowest BCUT2D eigenvalue weighted by Crippen LogP contribution is -2.52. The van der Waals surface area contributed by atoms with Crippen molar-refractivity contribution >= 4 is 36.0 Å². The number of benzene rings is 1. The summed E-state index contributed by atoms with van der Waals surface area (Å²) in [7, 11) is 0. The number of nitrogens with one attached hydrogen (secondary N) is 1. The van der Waals surface area contributed by atoms with Crippen LogP contribution in [0.1, 0.15) is 17.5 Å². The molecule has 1 N–H and O–H groups in total. The van der Waals surface area contributed by atoms with E-state index in [1.807, 2.05) is 52.8 Å². The lowest BCUT2D eigenvalue weighted by Gasteiger charge is -2.36. The third kappa shape index (κ3) is 5.89. The zero-order valence-corrected chi connectivity index (χ0v) is 16.9. The molecule has 0 radical (unpaired) electrons. The van der Waals surface area contributed by atoms with Crippen molar-refractivity contribution in [2.75, 3.05) is 44.2 Å². The van der Waals surface area contributed by atoms with Gasteiger partial charge in [-0.2, -0.15) is 11.8 Å². The van der Waals surface area contributed by atoms with Crippen LogP contribution in [0.5, 0.6) is 0 Å². The van der Waals surface area contributed by atoms with Gasteiger partial charge in [-0.05, 0) is 12.5 Å². The van der Waals surface area contributed by atoms with Crippen LogP contribution in [0.3, 0.4) is 0 Å². The number of piperazine rings is 1. The molecular formula is C19H28ClN3O2S. The highest BCUT2D eigenvalue weighted by Gasteiger charge is 2.26. The molecule has 144 valence electrons. The van der Waals surface area contributed by atoms with Crippen LogP contribution < -0.4 is 5.32 Å². The minimum Gasteiger partial charge on any atom is -0.339 e. The number of carbonyl (C=O) groups excluding carboxylic acids is 2. The lowest BCUT2D eigenvalue weighted by atomic mass is 10.1. The molecule has 2 aliphatic rings. The van der Waals surface area contributed by atoms with E-state index in [0.717, 1.165) is 23.6 Å². The summed E-state index contributed by atoms with van der Waals surface area (Å²) in [6, 6.07) is 8.41. The highest BCUT2D eigenvalue weighted by Crippen LogP contribution is 2.13. The number of aryl methyl sites for hydroxylation is 1. The molecule has 0 bridgehead atoms. The number of hydrogen-bond acceptors (Lipinski definition) is 4. The monoisotopic (exact) mass is 397 g/mol. The van der Waals surface area contributed by atoms with E-state index in [9.17, 15) is 9.59 Å². The number of rotatable bonds is 4. The Kier molecular flexibility index (Phi) is 8.25. The summed E-state index contributed by atoms with van der Waals surface area (Å²) in [5.74, 6) is 2.51. The molecule has 5 nitrogen and oxygen atoms in total. The molecule has 2 heterocycles. The molecule has 1 aromatic rings. The maximum absolute atomic E-state index is 12.5. The van der Waals surface area contributed by atoms with E-state index in [4.69, 9.17) is 0 Å². The van der Waals surface area contributed by atoms with Gasteiger partial charge in [-0.25, -0.2) is 0 Å². The minimum absolute atomic E-state index is 0. The average Bonchev–Trinajstić information content (AvgIpc) is 2.64. The predicted molar refractivity (Wildman–Crippen MR) is 109 cm³/mol. The zero-order valence-electron chi connectivity index (χ0n) is 15.3. The maximum Gasteiger partial charge on any atom is 0.227 e. The van der Waals surface area contributed by atoms with E-state index in [1.165, 1.54) is 5.56 Å². The molecule has 2 amide bonds. The molecule has 7 heteroatoms. The largest absolute Gasteiger partial charge is 0.339 e. The van der Waals surface area contributed by atoms with Gasteiger partial charge in [0.25, 0.3) is 0 Å². The van der Waals surface area contributed by atoms with E-state index < -0.39 is 0 Å². The Morgan fingerprint density at radius 2 is 1.69 bits per heavy atom. The summed E-state index contributed by atoms with van der Waals surface area (Å²) in [5.41, 5.74) is 2.25. The maximum atomic E-state index is 12.5. The molecule has 1 atom stereocenters. The van der Waals surface area contributed by atoms with Gasteiger partial charge in [0.15, 0.2) is 0 Å². The van der Waals surface area contributed by atoms with Crippen LogP contribution in [-0.4, -0.2) is 71.9 Å². The average molecular weight is 398 g/mol. The fraction of sp³-hybridized carbons (Fsp3) is 0.579. The van der Waals surface area contributed by atoms with Gasteiger partial charge in [-0.15, -0.1) is 12.4 Å². The van der Waals surface area contributed by atoms with Crippen molar-refractivity contribution in [1.82, 2.24) is 15.1 Å². The highest BCUT2D eigenvalue weighted by molar-refractivity contribution is 7.99. The van der Waals surface area contributed by atoms with Crippen LogP contribution in [-0.2, 0) is 16.0 Å². The first-order chi connectivity index (χ1) is 12.1. The van der Waals surface area contributed by atoms with Crippen molar-refractivity contribution in [1.29, 1.82) is 0 Å². The number of nitrogens with zero attached hydrogens (tertiary/aromatic N) is 2. The zero-order chi connectivity index (χ0) is 17.6. The summed E-state index contributed by atoms with van der Waals surface area (Å²) >= 11 is 1.91. The Labute approximate surface area is 166 Å². The van der Waals surface area contributed by atoms with Gasteiger partial charge in [0, 0.05) is 56.7 Å². The molecular weight excluding hydrogens is 370 g/mol. The number of carbonyl (C=O) groups is 2. The number of hydrogen-bond donors (Lipinski definition) is 1. The van der Waals surface area contributed by atoms with E-state index >= 15 is 0 Å². The van der Waals surface area contributed by atoms with E-state index in [-0.39, 0.29) is 24.2 Å². The smallest absolute Gasteiger partial charge is 0.227 e. The minimum atomic E-state index is 0. The van der Waals surface area contributed by atoms with Gasteiger partial charge in [-0.3, -0.25) is 9.59 Å². The molecule has 0 spiro atoms. The molecule has 3 rings (SSSR count). The van der Waals surface area contributed by atoms with Gasteiger partial charge in [-0.1, -0.05) is 29.8 Å². The third-order valence-electron chi connectivity index (χ3n) is 4.88. The summed E-state index contributed by atoms with van der Waals surface area (Å²) in [5, 5.41) is 3.41. The Balaban J connectivity index is 0.00000243. The van der Waals surface area contributed by atoms with E-state index in [2.05, 4.69) is 5.32 Å². The van der Waals surface area contributed by atoms with Crippen molar-refractivity contribution in [3.63, 3.8) is 0 Å². The second-order valence-electron chi connectivity index (χ2n) is 6.85. The number of amides is 2. The summed E-state index contributed by atoms with van der Waals surface area (Å²) in [6.07, 6.45) is 1.02. The first kappa shape index (κ1) is 21.1. The van der Waals surface area contributed by atoms with Gasteiger partial charge in [0.1, 0.15) is 0 Å². The molecule has 0 saturated carbocycles. The van der Waals surface area contributed by atoms with Crippen LogP contribution in [0.2, 0.25) is 0 Å². The van der Waals surface area contributed by atoms with Gasteiger partial charge < -0.3 is 15.1 Å². The van der Waals surface area contributed by atoms with Crippen LogP contribution in [0.25, 0.3) is 0 Å². The summed E-state index contributed by atoms with van der Waals surface area (Å²) < 4.78 is 0. The Bertz CT molecular complexity index is 597. The predicted octanol–water partition coefficient (Wildman–Crippen LogP) is 1.73. The van der Waals surface area contributed by atoms with Gasteiger partial charge in [0.05, 0.1) is 6.42 Å². The molecule has 2 fully saturated rings. The van der Waals surface area contributed by atoms with Gasteiger partial charge >= 0.3 is 0 Å². The number of thioether (sulfide) groups is 1. The van der Waals surface area contributed by atoms with Crippen LogP contribution in [0.4, 0.5) is 0 Å². The van der Waals surface area contributed by atoms with E-state index in [0.29, 0.717) is 45.1 Å². The lowest BCUT2D eigenvalue weighted by molar-refractivity contribution is -0.139. The second kappa shape index (κ2) is 10.2. The molecule has 2 saturated heterocycles. The topological polar surface area (TPSA) is 52.7 Å². The van der Waals surface area contributed by atoms with Crippen molar-refractivity contribution in [2.45, 2.75) is 25.8 Å². The SMILES string of the molecule is Cc1ccc(CC(=O)N2CCN(C(=O)CC3CSCCN3)CC2)cc1.Cl. The first-order valence-electron chi connectivity index (χ1n) is 9.04. The Hall–Kier alpha value is -1.24. The fourth-order valence-electron chi connectivity index (χ4n) is 3.29. The molecule has 1 unspecified atom stereocenters. The van der Waals surface area contributed by atoms with Crippen molar-refractivity contribution in [3.8, 4) is 0 Å². The van der Waals surface area contributed by atoms with Crippen molar-refractivity contribution < 1.29 is 9.59 Å². The second-order valence-corrected chi connectivity index (χ2v) is 8.00. The van der Waals surface area contributed by atoms with Crippen molar-refractivity contribution in [3.05, 3.63) is 35.4 Å². The third-order valence-corrected chi connectivity index (χ3v) is 6.01. The fourth-order valence-corrected chi connectivity index (χ4v) is 4.24. The number of halogens is 1. The van der Waals surface area contributed by atoms with Crippen LogP contribution in [0, 0.1) is 6.92 Å². The molecule has 26 heavy (non-hydrogen) atoms. The standard InChI is InChI=1S/C19H27N3O2S.ClH/c1-15-2-4-16(5-3-15)12-18(23)21-7-9-22(10-8-21)19(24)13-17-14-25-11-6-20-17;/h2-5,17,20H,6-14H2,1H3;1H. The Morgan fingerprint density at radius 1 is 1.08 bits per heavy atom.